The number of rotatable bonds is 5. The summed E-state index contributed by atoms with van der Waals surface area (Å²) in [6.45, 7) is 4.80. The third kappa shape index (κ3) is 4.24. The summed E-state index contributed by atoms with van der Waals surface area (Å²) in [5.41, 5.74) is 1.05. The molecule has 2 unspecified atom stereocenters. The largest absolute Gasteiger partial charge is 0.497 e. The number of benzene rings is 1. The second-order valence-electron chi connectivity index (χ2n) is 6.51. The summed E-state index contributed by atoms with van der Waals surface area (Å²) in [4.78, 5) is 26.0. The maximum absolute atomic E-state index is 12.6. The Hall–Kier alpha value is -2.04. The van der Waals surface area contributed by atoms with Crippen molar-refractivity contribution >= 4 is 11.8 Å². The highest BCUT2D eigenvalue weighted by atomic mass is 16.5. The van der Waals surface area contributed by atoms with Gasteiger partial charge in [-0.05, 0) is 30.0 Å². The van der Waals surface area contributed by atoms with Gasteiger partial charge in [0.15, 0.2) is 0 Å². The fourth-order valence-electron chi connectivity index (χ4n) is 2.88. The van der Waals surface area contributed by atoms with Gasteiger partial charge in [-0.25, -0.2) is 0 Å². The lowest BCUT2D eigenvalue weighted by Gasteiger charge is -2.30. The van der Waals surface area contributed by atoms with Gasteiger partial charge in [0.2, 0.25) is 11.8 Å². The summed E-state index contributed by atoms with van der Waals surface area (Å²) < 4.78 is 5.18. The van der Waals surface area contributed by atoms with Crippen molar-refractivity contribution in [3.05, 3.63) is 29.8 Å². The molecule has 0 radical (unpaired) electrons. The summed E-state index contributed by atoms with van der Waals surface area (Å²) >= 11 is 0. The van der Waals surface area contributed by atoms with E-state index in [9.17, 15) is 9.59 Å². The predicted octanol–water partition coefficient (Wildman–Crippen LogP) is 2.38. The Morgan fingerprint density at radius 2 is 1.96 bits per heavy atom. The molecule has 1 fully saturated rings. The van der Waals surface area contributed by atoms with E-state index in [1.807, 2.05) is 24.3 Å². The third-order valence-corrected chi connectivity index (χ3v) is 4.47. The number of carbonyl (C=O) groups excluding carboxylic acids is 2. The van der Waals surface area contributed by atoms with Gasteiger partial charge in [-0.2, -0.15) is 0 Å². The summed E-state index contributed by atoms with van der Waals surface area (Å²) in [5.74, 6) is 0.846. The van der Waals surface area contributed by atoms with Crippen LogP contribution in [0.15, 0.2) is 24.3 Å². The van der Waals surface area contributed by atoms with Crippen molar-refractivity contribution in [2.24, 2.45) is 11.8 Å². The van der Waals surface area contributed by atoms with Crippen molar-refractivity contribution in [2.45, 2.75) is 32.7 Å². The van der Waals surface area contributed by atoms with E-state index in [1.54, 1.807) is 19.1 Å². The van der Waals surface area contributed by atoms with Crippen LogP contribution in [-0.2, 0) is 9.59 Å². The Labute approximate surface area is 138 Å². The Kier molecular flexibility index (Phi) is 5.64. The summed E-state index contributed by atoms with van der Waals surface area (Å²) in [5, 5.41) is 3.12. The van der Waals surface area contributed by atoms with E-state index in [1.165, 1.54) is 0 Å². The average Bonchev–Trinajstić information content (AvgIpc) is 2.54. The van der Waals surface area contributed by atoms with Gasteiger partial charge in [0.25, 0.3) is 0 Å². The standard InChI is InChI=1S/C18H26N2O3/c1-12(2)17(13-5-7-15(23-4)8-6-13)19-18(22)14-9-10-20(3)16(21)11-14/h5-8,12,14,17H,9-11H2,1-4H3,(H,19,22). The average molecular weight is 318 g/mol. The number of hydrogen-bond donors (Lipinski definition) is 1. The smallest absolute Gasteiger partial charge is 0.224 e. The number of carbonyl (C=O) groups is 2. The molecule has 1 aliphatic rings. The topological polar surface area (TPSA) is 58.6 Å². The Balaban J connectivity index is 2.06. The zero-order valence-corrected chi connectivity index (χ0v) is 14.3. The Morgan fingerprint density at radius 1 is 1.30 bits per heavy atom. The van der Waals surface area contributed by atoms with Crippen molar-refractivity contribution < 1.29 is 14.3 Å². The molecule has 2 rings (SSSR count). The van der Waals surface area contributed by atoms with E-state index >= 15 is 0 Å². The van der Waals surface area contributed by atoms with Crippen LogP contribution in [0.25, 0.3) is 0 Å². The molecular weight excluding hydrogens is 292 g/mol. The molecule has 1 heterocycles. The van der Waals surface area contributed by atoms with E-state index in [2.05, 4.69) is 19.2 Å². The summed E-state index contributed by atoms with van der Waals surface area (Å²) in [7, 11) is 3.42. The number of piperidine rings is 1. The van der Waals surface area contributed by atoms with Crippen molar-refractivity contribution in [2.75, 3.05) is 20.7 Å². The highest BCUT2D eigenvalue weighted by Gasteiger charge is 2.30. The molecule has 1 aromatic rings. The first-order valence-electron chi connectivity index (χ1n) is 8.10. The first-order valence-corrected chi connectivity index (χ1v) is 8.10. The van der Waals surface area contributed by atoms with E-state index in [0.717, 1.165) is 17.7 Å². The van der Waals surface area contributed by atoms with Crippen LogP contribution in [0.1, 0.15) is 38.3 Å². The molecule has 0 bridgehead atoms. The number of amides is 2. The van der Waals surface area contributed by atoms with E-state index < -0.39 is 0 Å². The number of nitrogens with one attached hydrogen (secondary N) is 1. The van der Waals surface area contributed by atoms with Gasteiger partial charge in [0, 0.05) is 25.9 Å². The highest BCUT2D eigenvalue weighted by molar-refractivity contribution is 5.87. The van der Waals surface area contributed by atoms with Crippen LogP contribution < -0.4 is 10.1 Å². The van der Waals surface area contributed by atoms with Crippen molar-refractivity contribution in [3.8, 4) is 5.75 Å². The number of likely N-dealkylation sites (tertiary alicyclic amines) is 1. The molecule has 5 heteroatoms. The predicted molar refractivity (Wildman–Crippen MR) is 89.1 cm³/mol. The molecule has 126 valence electrons. The van der Waals surface area contributed by atoms with Gasteiger partial charge in [0.1, 0.15) is 5.75 Å². The van der Waals surface area contributed by atoms with Crippen LogP contribution in [0.2, 0.25) is 0 Å². The van der Waals surface area contributed by atoms with Crippen LogP contribution in [0.3, 0.4) is 0 Å². The number of ether oxygens (including phenoxy) is 1. The molecule has 23 heavy (non-hydrogen) atoms. The molecule has 0 aliphatic carbocycles. The lowest BCUT2D eigenvalue weighted by Crippen LogP contribution is -2.43. The lowest BCUT2D eigenvalue weighted by molar-refractivity contribution is -0.139. The first kappa shape index (κ1) is 17.3. The van der Waals surface area contributed by atoms with E-state index in [-0.39, 0.29) is 29.7 Å². The molecule has 2 amide bonds. The number of nitrogens with zero attached hydrogens (tertiary/aromatic N) is 1. The minimum absolute atomic E-state index is 0.0269. The fourth-order valence-corrected chi connectivity index (χ4v) is 2.88. The van der Waals surface area contributed by atoms with Crippen molar-refractivity contribution in [1.29, 1.82) is 0 Å². The minimum Gasteiger partial charge on any atom is -0.497 e. The normalized spacial score (nSPS) is 19.6. The highest BCUT2D eigenvalue weighted by Crippen LogP contribution is 2.26. The molecule has 5 nitrogen and oxygen atoms in total. The lowest BCUT2D eigenvalue weighted by atomic mass is 9.92. The monoisotopic (exact) mass is 318 g/mol. The second kappa shape index (κ2) is 7.49. The van der Waals surface area contributed by atoms with Gasteiger partial charge in [-0.3, -0.25) is 9.59 Å². The quantitative estimate of drug-likeness (QED) is 0.907. The number of hydrogen-bond acceptors (Lipinski definition) is 3. The van der Waals surface area contributed by atoms with E-state index in [0.29, 0.717) is 13.0 Å². The Bertz CT molecular complexity index is 554. The molecule has 0 spiro atoms. The van der Waals surface area contributed by atoms with Crippen molar-refractivity contribution in [1.82, 2.24) is 10.2 Å². The zero-order chi connectivity index (χ0) is 17.0. The maximum Gasteiger partial charge on any atom is 0.224 e. The first-order chi connectivity index (χ1) is 10.9. The van der Waals surface area contributed by atoms with Crippen LogP contribution in [-0.4, -0.2) is 37.4 Å². The molecule has 1 aliphatic heterocycles. The van der Waals surface area contributed by atoms with Gasteiger partial charge < -0.3 is 15.0 Å². The Morgan fingerprint density at radius 3 is 2.48 bits per heavy atom. The van der Waals surface area contributed by atoms with Crippen LogP contribution in [0.5, 0.6) is 5.75 Å². The molecular formula is C18H26N2O3. The third-order valence-electron chi connectivity index (χ3n) is 4.47. The van der Waals surface area contributed by atoms with Gasteiger partial charge in [-0.15, -0.1) is 0 Å². The summed E-state index contributed by atoms with van der Waals surface area (Å²) in [6.07, 6.45) is 1.03. The van der Waals surface area contributed by atoms with Gasteiger partial charge in [0.05, 0.1) is 13.2 Å². The molecule has 1 saturated heterocycles. The zero-order valence-electron chi connectivity index (χ0n) is 14.3. The van der Waals surface area contributed by atoms with Crippen molar-refractivity contribution in [3.63, 3.8) is 0 Å². The second-order valence-corrected chi connectivity index (χ2v) is 6.51. The number of methoxy groups -OCH3 is 1. The maximum atomic E-state index is 12.6. The summed E-state index contributed by atoms with van der Waals surface area (Å²) in [6, 6.07) is 7.68. The molecule has 0 saturated carbocycles. The van der Waals surface area contributed by atoms with Crippen LogP contribution >= 0.6 is 0 Å². The van der Waals surface area contributed by atoms with E-state index in [4.69, 9.17) is 4.74 Å². The van der Waals surface area contributed by atoms with Gasteiger partial charge in [-0.1, -0.05) is 26.0 Å². The SMILES string of the molecule is COc1ccc(C(NC(=O)C2CCN(C)C(=O)C2)C(C)C)cc1. The minimum atomic E-state index is -0.224. The van der Waals surface area contributed by atoms with Crippen LogP contribution in [0.4, 0.5) is 0 Å². The fraction of sp³-hybridized carbons (Fsp3) is 0.556. The molecule has 1 N–H and O–H groups in total. The molecule has 0 aromatic heterocycles. The van der Waals surface area contributed by atoms with Crippen LogP contribution in [0, 0.1) is 11.8 Å². The van der Waals surface area contributed by atoms with Gasteiger partial charge >= 0.3 is 0 Å². The molecule has 1 aromatic carbocycles. The molecule has 2 atom stereocenters.